The molecule has 2 rings (SSSR count). The van der Waals surface area contributed by atoms with Crippen molar-refractivity contribution in [1.29, 1.82) is 0 Å². The van der Waals surface area contributed by atoms with Crippen molar-refractivity contribution in [1.82, 2.24) is 4.98 Å². The first-order valence-corrected chi connectivity index (χ1v) is 4.79. The number of nitrogens with zero attached hydrogens (tertiary/aromatic N) is 1. The molecular weight excluding hydrogens is 184 g/mol. The molecule has 1 aromatic heterocycles. The second-order valence-corrected chi connectivity index (χ2v) is 3.26. The predicted molar refractivity (Wildman–Crippen MR) is 64.0 cm³/mol. The summed E-state index contributed by atoms with van der Waals surface area (Å²) in [5.41, 5.74) is 7.72. The quantitative estimate of drug-likeness (QED) is 0.802. The van der Waals surface area contributed by atoms with E-state index in [2.05, 4.69) is 17.1 Å². The zero-order valence-corrected chi connectivity index (χ0v) is 8.30. The van der Waals surface area contributed by atoms with Gasteiger partial charge in [-0.1, -0.05) is 42.5 Å². The van der Waals surface area contributed by atoms with Gasteiger partial charge in [0, 0.05) is 6.20 Å². The Bertz CT molecular complexity index is 444. The van der Waals surface area contributed by atoms with Gasteiger partial charge in [-0.2, -0.15) is 0 Å². The lowest BCUT2D eigenvalue weighted by molar-refractivity contribution is 1.33. The largest absolute Gasteiger partial charge is 0.384 e. The van der Waals surface area contributed by atoms with Crippen molar-refractivity contribution < 1.29 is 0 Å². The molecule has 0 unspecified atom stereocenters. The number of hydrogen-bond donors (Lipinski definition) is 1. The fourth-order valence-corrected chi connectivity index (χ4v) is 1.27. The maximum atomic E-state index is 5.50. The Morgan fingerprint density at radius 2 is 1.60 bits per heavy atom. The zero-order chi connectivity index (χ0) is 10.5. The minimum Gasteiger partial charge on any atom is -0.384 e. The molecule has 2 aromatic rings. The highest BCUT2D eigenvalue weighted by molar-refractivity contribution is 5.69. The van der Waals surface area contributed by atoms with Crippen LogP contribution in [0.5, 0.6) is 0 Å². The molecule has 0 radical (unpaired) electrons. The van der Waals surface area contributed by atoms with Gasteiger partial charge >= 0.3 is 0 Å². The topological polar surface area (TPSA) is 38.9 Å². The van der Waals surface area contributed by atoms with E-state index in [1.807, 2.05) is 36.4 Å². The van der Waals surface area contributed by atoms with Crippen molar-refractivity contribution in [3.05, 3.63) is 59.8 Å². The third-order valence-electron chi connectivity index (χ3n) is 2.08. The SMILES string of the molecule is Nc1ccc(/C=C\c2ccccc2)cn1. The Labute approximate surface area is 89.1 Å². The minimum atomic E-state index is 0.548. The average Bonchev–Trinajstić information content (AvgIpc) is 2.30. The van der Waals surface area contributed by atoms with Gasteiger partial charge in [-0.25, -0.2) is 4.98 Å². The van der Waals surface area contributed by atoms with Crippen LogP contribution in [0.3, 0.4) is 0 Å². The van der Waals surface area contributed by atoms with E-state index in [9.17, 15) is 0 Å². The number of aromatic nitrogens is 1. The Morgan fingerprint density at radius 1 is 0.867 bits per heavy atom. The van der Waals surface area contributed by atoms with Crippen molar-refractivity contribution in [3.63, 3.8) is 0 Å². The van der Waals surface area contributed by atoms with Crippen LogP contribution in [0, 0.1) is 0 Å². The summed E-state index contributed by atoms with van der Waals surface area (Å²) in [7, 11) is 0. The van der Waals surface area contributed by atoms with Crippen LogP contribution in [0.4, 0.5) is 5.82 Å². The highest BCUT2D eigenvalue weighted by Gasteiger charge is 1.88. The molecule has 2 nitrogen and oxygen atoms in total. The molecule has 0 saturated heterocycles. The van der Waals surface area contributed by atoms with Crippen LogP contribution in [0.2, 0.25) is 0 Å². The summed E-state index contributed by atoms with van der Waals surface area (Å²) >= 11 is 0. The van der Waals surface area contributed by atoms with E-state index >= 15 is 0 Å². The van der Waals surface area contributed by atoms with Gasteiger partial charge in [0.05, 0.1) is 0 Å². The molecule has 0 spiro atoms. The monoisotopic (exact) mass is 196 g/mol. The van der Waals surface area contributed by atoms with Crippen LogP contribution in [-0.2, 0) is 0 Å². The summed E-state index contributed by atoms with van der Waals surface area (Å²) in [6.45, 7) is 0. The molecule has 0 bridgehead atoms. The molecule has 0 amide bonds. The van der Waals surface area contributed by atoms with Crippen molar-refractivity contribution in [3.8, 4) is 0 Å². The Kier molecular flexibility index (Phi) is 2.79. The normalized spacial score (nSPS) is 10.7. The third-order valence-corrected chi connectivity index (χ3v) is 2.08. The van der Waals surface area contributed by atoms with Gasteiger partial charge in [-0.05, 0) is 23.3 Å². The van der Waals surface area contributed by atoms with E-state index in [4.69, 9.17) is 5.73 Å². The van der Waals surface area contributed by atoms with E-state index in [1.54, 1.807) is 12.3 Å². The number of benzene rings is 1. The molecule has 0 atom stereocenters. The highest BCUT2D eigenvalue weighted by atomic mass is 14.8. The van der Waals surface area contributed by atoms with Gasteiger partial charge in [-0.3, -0.25) is 0 Å². The van der Waals surface area contributed by atoms with Crippen molar-refractivity contribution in [2.75, 3.05) is 5.73 Å². The number of rotatable bonds is 2. The molecule has 1 aromatic carbocycles. The lowest BCUT2D eigenvalue weighted by Crippen LogP contribution is -1.87. The molecular formula is C13H12N2. The van der Waals surface area contributed by atoms with Gasteiger partial charge in [0.15, 0.2) is 0 Å². The van der Waals surface area contributed by atoms with Crippen molar-refractivity contribution >= 4 is 18.0 Å². The first-order chi connectivity index (χ1) is 7.34. The van der Waals surface area contributed by atoms with Crippen LogP contribution >= 0.6 is 0 Å². The zero-order valence-electron chi connectivity index (χ0n) is 8.30. The molecule has 15 heavy (non-hydrogen) atoms. The number of nitrogens with two attached hydrogens (primary N) is 1. The fourth-order valence-electron chi connectivity index (χ4n) is 1.27. The van der Waals surface area contributed by atoms with E-state index in [0.29, 0.717) is 5.82 Å². The smallest absolute Gasteiger partial charge is 0.123 e. The van der Waals surface area contributed by atoms with Crippen LogP contribution in [-0.4, -0.2) is 4.98 Å². The number of anilines is 1. The van der Waals surface area contributed by atoms with Crippen LogP contribution in [0.1, 0.15) is 11.1 Å². The molecule has 2 heteroatoms. The molecule has 0 aliphatic heterocycles. The van der Waals surface area contributed by atoms with Crippen LogP contribution in [0.25, 0.3) is 12.2 Å². The highest BCUT2D eigenvalue weighted by Crippen LogP contribution is 2.07. The molecule has 0 saturated carbocycles. The Morgan fingerprint density at radius 3 is 2.27 bits per heavy atom. The van der Waals surface area contributed by atoms with Crippen molar-refractivity contribution in [2.24, 2.45) is 0 Å². The summed E-state index contributed by atoms with van der Waals surface area (Å²) in [6, 6.07) is 13.9. The molecule has 2 N–H and O–H groups in total. The second-order valence-electron chi connectivity index (χ2n) is 3.26. The van der Waals surface area contributed by atoms with Gasteiger partial charge in [0.2, 0.25) is 0 Å². The fraction of sp³-hybridized carbons (Fsp3) is 0. The average molecular weight is 196 g/mol. The van der Waals surface area contributed by atoms with Crippen molar-refractivity contribution in [2.45, 2.75) is 0 Å². The van der Waals surface area contributed by atoms with Crippen LogP contribution < -0.4 is 5.73 Å². The Balaban J connectivity index is 2.15. The summed E-state index contributed by atoms with van der Waals surface area (Å²) in [6.07, 6.45) is 5.82. The molecule has 74 valence electrons. The van der Waals surface area contributed by atoms with Gasteiger partial charge in [0.1, 0.15) is 5.82 Å². The molecule has 0 aliphatic carbocycles. The molecule has 0 aliphatic rings. The molecule has 0 fully saturated rings. The first-order valence-electron chi connectivity index (χ1n) is 4.79. The van der Waals surface area contributed by atoms with E-state index in [-0.39, 0.29) is 0 Å². The number of pyridine rings is 1. The van der Waals surface area contributed by atoms with Gasteiger partial charge < -0.3 is 5.73 Å². The van der Waals surface area contributed by atoms with E-state index in [1.165, 1.54) is 5.56 Å². The van der Waals surface area contributed by atoms with Gasteiger partial charge in [-0.15, -0.1) is 0 Å². The van der Waals surface area contributed by atoms with Gasteiger partial charge in [0.25, 0.3) is 0 Å². The summed E-state index contributed by atoms with van der Waals surface area (Å²) in [5, 5.41) is 0. The Hall–Kier alpha value is -2.09. The predicted octanol–water partition coefficient (Wildman–Crippen LogP) is 2.83. The minimum absolute atomic E-state index is 0.548. The number of hydrogen-bond acceptors (Lipinski definition) is 2. The van der Waals surface area contributed by atoms with E-state index < -0.39 is 0 Å². The summed E-state index contributed by atoms with van der Waals surface area (Å²) < 4.78 is 0. The first kappa shape index (κ1) is 9.46. The van der Waals surface area contributed by atoms with E-state index in [0.717, 1.165) is 5.56 Å². The second kappa shape index (κ2) is 4.42. The molecule has 1 heterocycles. The lowest BCUT2D eigenvalue weighted by Gasteiger charge is -1.94. The lowest BCUT2D eigenvalue weighted by atomic mass is 10.2. The summed E-state index contributed by atoms with van der Waals surface area (Å²) in [4.78, 5) is 4.02. The maximum Gasteiger partial charge on any atom is 0.123 e. The summed E-state index contributed by atoms with van der Waals surface area (Å²) in [5.74, 6) is 0.548. The van der Waals surface area contributed by atoms with Crippen LogP contribution in [0.15, 0.2) is 48.7 Å². The maximum absolute atomic E-state index is 5.50. The third kappa shape index (κ3) is 2.68. The standard InChI is InChI=1S/C13H12N2/c14-13-9-8-12(10-15-13)7-6-11-4-2-1-3-5-11/h1-10H,(H2,14,15)/b7-6-. The number of nitrogen functional groups attached to an aromatic ring is 1.